The van der Waals surface area contributed by atoms with Crippen LogP contribution in [0, 0.1) is 17.8 Å². The molecule has 3 heteroatoms. The van der Waals surface area contributed by atoms with E-state index in [2.05, 4.69) is 29.8 Å². The second-order valence-corrected chi connectivity index (χ2v) is 7.11. The maximum absolute atomic E-state index is 10.6. The zero-order chi connectivity index (χ0) is 13.3. The van der Waals surface area contributed by atoms with Gasteiger partial charge in [-0.3, -0.25) is 0 Å². The molecule has 1 fully saturated rings. The van der Waals surface area contributed by atoms with Crippen molar-refractivity contribution >= 4 is 27.5 Å². The maximum Gasteiger partial charge on any atom is 0.0832 e. The first-order chi connectivity index (χ1) is 8.47. The van der Waals surface area contributed by atoms with Crippen molar-refractivity contribution in [3.05, 3.63) is 33.3 Å². The van der Waals surface area contributed by atoms with Crippen molar-refractivity contribution in [2.75, 3.05) is 0 Å². The Balaban J connectivity index is 2.17. The summed E-state index contributed by atoms with van der Waals surface area (Å²) in [5, 5.41) is 11.2. The van der Waals surface area contributed by atoms with Gasteiger partial charge in [0.2, 0.25) is 0 Å². The van der Waals surface area contributed by atoms with Crippen LogP contribution in [0.4, 0.5) is 0 Å². The molecule has 18 heavy (non-hydrogen) atoms. The lowest BCUT2D eigenvalue weighted by atomic mass is 9.73. The summed E-state index contributed by atoms with van der Waals surface area (Å²) >= 11 is 9.62. The van der Waals surface area contributed by atoms with E-state index in [0.29, 0.717) is 22.8 Å². The summed E-state index contributed by atoms with van der Waals surface area (Å²) in [5.41, 5.74) is 0.867. The topological polar surface area (TPSA) is 20.2 Å². The third kappa shape index (κ3) is 3.28. The monoisotopic (exact) mass is 330 g/mol. The lowest BCUT2D eigenvalue weighted by molar-refractivity contribution is 0.0552. The number of benzene rings is 1. The highest BCUT2D eigenvalue weighted by Crippen LogP contribution is 2.41. The minimum atomic E-state index is -0.434. The quantitative estimate of drug-likeness (QED) is 0.789. The van der Waals surface area contributed by atoms with Crippen LogP contribution in [0.3, 0.4) is 0 Å². The van der Waals surface area contributed by atoms with E-state index in [1.807, 2.05) is 18.2 Å². The zero-order valence-electron chi connectivity index (χ0n) is 10.9. The highest BCUT2D eigenvalue weighted by atomic mass is 79.9. The molecule has 100 valence electrons. The van der Waals surface area contributed by atoms with Gasteiger partial charge >= 0.3 is 0 Å². The van der Waals surface area contributed by atoms with E-state index in [9.17, 15) is 5.11 Å². The molecule has 1 aromatic carbocycles. The predicted molar refractivity (Wildman–Crippen MR) is 79.8 cm³/mol. The molecule has 1 nitrogen and oxygen atoms in total. The molecule has 1 N–H and O–H groups in total. The predicted octanol–water partition coefficient (Wildman–Crippen LogP) is 5.21. The normalized spacial score (nSPS) is 30.2. The maximum atomic E-state index is 10.6. The Bertz CT molecular complexity index is 411. The molecule has 3 unspecified atom stereocenters. The number of rotatable bonds is 2. The summed E-state index contributed by atoms with van der Waals surface area (Å²) in [6.07, 6.45) is 3.03. The van der Waals surface area contributed by atoms with E-state index in [1.165, 1.54) is 6.42 Å². The van der Waals surface area contributed by atoms with Gasteiger partial charge in [-0.15, -0.1) is 0 Å². The summed E-state index contributed by atoms with van der Waals surface area (Å²) in [6.45, 7) is 4.55. The SMILES string of the molecule is CC1CC(C)CC(C(O)c2ccc(Br)cc2Cl)C1. The molecule has 0 bridgehead atoms. The molecule has 1 aromatic rings. The summed E-state index contributed by atoms with van der Waals surface area (Å²) in [4.78, 5) is 0. The summed E-state index contributed by atoms with van der Waals surface area (Å²) in [7, 11) is 0. The molecule has 1 aliphatic carbocycles. The third-order valence-electron chi connectivity index (χ3n) is 3.94. The molecule has 3 atom stereocenters. The van der Waals surface area contributed by atoms with Gasteiger partial charge in [-0.05, 0) is 54.7 Å². The van der Waals surface area contributed by atoms with Gasteiger partial charge in [0.25, 0.3) is 0 Å². The Morgan fingerprint density at radius 2 is 1.83 bits per heavy atom. The highest BCUT2D eigenvalue weighted by molar-refractivity contribution is 9.10. The van der Waals surface area contributed by atoms with E-state index in [0.717, 1.165) is 22.9 Å². The lowest BCUT2D eigenvalue weighted by Gasteiger charge is -2.34. The van der Waals surface area contributed by atoms with Crippen molar-refractivity contribution in [3.63, 3.8) is 0 Å². The third-order valence-corrected chi connectivity index (χ3v) is 4.76. The van der Waals surface area contributed by atoms with Gasteiger partial charge < -0.3 is 5.11 Å². The van der Waals surface area contributed by atoms with Crippen molar-refractivity contribution in [1.82, 2.24) is 0 Å². The fourth-order valence-electron chi connectivity index (χ4n) is 3.26. The molecule has 0 spiro atoms. The molecule has 2 rings (SSSR count). The van der Waals surface area contributed by atoms with Gasteiger partial charge in [-0.1, -0.05) is 47.4 Å². The van der Waals surface area contributed by atoms with Gasteiger partial charge in [-0.2, -0.15) is 0 Å². The average Bonchev–Trinajstić information content (AvgIpc) is 2.26. The largest absolute Gasteiger partial charge is 0.388 e. The van der Waals surface area contributed by atoms with Crippen molar-refractivity contribution in [2.24, 2.45) is 17.8 Å². The van der Waals surface area contributed by atoms with Crippen molar-refractivity contribution in [3.8, 4) is 0 Å². The van der Waals surface area contributed by atoms with Crippen LogP contribution in [0.25, 0.3) is 0 Å². The number of hydrogen-bond donors (Lipinski definition) is 1. The van der Waals surface area contributed by atoms with Crippen molar-refractivity contribution < 1.29 is 5.11 Å². The Hall–Kier alpha value is -0.0500. The molecule has 1 aliphatic rings. The molecule has 1 saturated carbocycles. The van der Waals surface area contributed by atoms with Crippen LogP contribution in [-0.4, -0.2) is 5.11 Å². The minimum Gasteiger partial charge on any atom is -0.388 e. The summed E-state index contributed by atoms with van der Waals surface area (Å²) in [5.74, 6) is 1.73. The standard InChI is InChI=1S/C15H20BrClO/c1-9-5-10(2)7-11(6-9)15(18)13-4-3-12(16)8-14(13)17/h3-4,8-11,15,18H,5-7H2,1-2H3. The van der Waals surface area contributed by atoms with Gasteiger partial charge in [0.05, 0.1) is 6.10 Å². The molecule has 0 radical (unpaired) electrons. The van der Waals surface area contributed by atoms with Crippen LogP contribution in [0.2, 0.25) is 5.02 Å². The molecule has 0 heterocycles. The van der Waals surface area contributed by atoms with E-state index in [4.69, 9.17) is 11.6 Å². The van der Waals surface area contributed by atoms with E-state index < -0.39 is 6.10 Å². The second-order valence-electron chi connectivity index (χ2n) is 5.79. The molecule has 0 amide bonds. The van der Waals surface area contributed by atoms with Gasteiger partial charge in [0, 0.05) is 9.50 Å². The van der Waals surface area contributed by atoms with Crippen molar-refractivity contribution in [1.29, 1.82) is 0 Å². The van der Waals surface area contributed by atoms with Crippen LogP contribution in [0.15, 0.2) is 22.7 Å². The zero-order valence-corrected chi connectivity index (χ0v) is 13.2. The van der Waals surface area contributed by atoms with Crippen LogP contribution in [0.1, 0.15) is 44.8 Å². The Kier molecular flexibility index (Phi) is 4.74. The first-order valence-corrected chi connectivity index (χ1v) is 7.77. The summed E-state index contributed by atoms with van der Waals surface area (Å²) in [6, 6.07) is 5.73. The fourth-order valence-corrected chi connectivity index (χ4v) is 4.05. The molecule has 0 saturated heterocycles. The van der Waals surface area contributed by atoms with E-state index in [1.54, 1.807) is 0 Å². The lowest BCUT2D eigenvalue weighted by Crippen LogP contribution is -2.24. The van der Waals surface area contributed by atoms with E-state index >= 15 is 0 Å². The van der Waals surface area contributed by atoms with Gasteiger partial charge in [0.15, 0.2) is 0 Å². The smallest absolute Gasteiger partial charge is 0.0832 e. The second kappa shape index (κ2) is 5.94. The Morgan fingerprint density at radius 1 is 1.22 bits per heavy atom. The van der Waals surface area contributed by atoms with Gasteiger partial charge in [0.1, 0.15) is 0 Å². The van der Waals surface area contributed by atoms with Crippen molar-refractivity contribution in [2.45, 2.75) is 39.2 Å². The Labute approximate surface area is 123 Å². The Morgan fingerprint density at radius 3 is 2.39 bits per heavy atom. The molecule has 0 aliphatic heterocycles. The first kappa shape index (κ1) is 14.4. The highest BCUT2D eigenvalue weighted by Gasteiger charge is 2.30. The molecular weight excluding hydrogens is 312 g/mol. The fraction of sp³-hybridized carbons (Fsp3) is 0.600. The number of aliphatic hydroxyl groups excluding tert-OH is 1. The summed E-state index contributed by atoms with van der Waals surface area (Å²) < 4.78 is 0.953. The van der Waals surface area contributed by atoms with Crippen LogP contribution in [0.5, 0.6) is 0 Å². The van der Waals surface area contributed by atoms with Gasteiger partial charge in [-0.25, -0.2) is 0 Å². The molecule has 0 aromatic heterocycles. The number of hydrogen-bond acceptors (Lipinski definition) is 1. The van der Waals surface area contributed by atoms with Crippen LogP contribution >= 0.6 is 27.5 Å². The van der Waals surface area contributed by atoms with Crippen LogP contribution in [-0.2, 0) is 0 Å². The number of halogens is 2. The van der Waals surface area contributed by atoms with Crippen LogP contribution < -0.4 is 0 Å². The number of aliphatic hydroxyl groups is 1. The minimum absolute atomic E-state index is 0.336. The average molecular weight is 332 g/mol. The molecular formula is C15H20BrClO. The van der Waals surface area contributed by atoms with E-state index in [-0.39, 0.29) is 0 Å². The first-order valence-electron chi connectivity index (χ1n) is 6.60.